The maximum absolute atomic E-state index is 12.3. The van der Waals surface area contributed by atoms with Crippen LogP contribution in [0, 0.1) is 5.92 Å². The van der Waals surface area contributed by atoms with E-state index in [1.54, 1.807) is 19.2 Å². The van der Waals surface area contributed by atoms with E-state index < -0.39 is 12.0 Å². The molecule has 0 saturated heterocycles. The van der Waals surface area contributed by atoms with E-state index in [4.69, 9.17) is 9.47 Å². The standard InChI is InChI=1S/C15H21NO4/c1-10(2)13(15(18)20-4)16-14(17)12-8-6-5-7-11(12)9-19-3/h5-8,10,13H,9H2,1-4H3,(H,16,17). The monoisotopic (exact) mass is 279 g/mol. The van der Waals surface area contributed by atoms with E-state index in [-0.39, 0.29) is 11.8 Å². The van der Waals surface area contributed by atoms with Gasteiger partial charge in [-0.25, -0.2) is 4.79 Å². The van der Waals surface area contributed by atoms with Crippen LogP contribution in [0.25, 0.3) is 0 Å². The highest BCUT2D eigenvalue weighted by atomic mass is 16.5. The predicted octanol–water partition coefficient (Wildman–Crippen LogP) is 1.76. The summed E-state index contributed by atoms with van der Waals surface area (Å²) in [5.74, 6) is -0.805. The van der Waals surface area contributed by atoms with Crippen molar-refractivity contribution in [3.05, 3.63) is 35.4 Å². The van der Waals surface area contributed by atoms with Gasteiger partial charge in [0.05, 0.1) is 13.7 Å². The van der Waals surface area contributed by atoms with E-state index in [9.17, 15) is 9.59 Å². The average molecular weight is 279 g/mol. The molecule has 0 aliphatic heterocycles. The Morgan fingerprint density at radius 3 is 2.40 bits per heavy atom. The second-order valence-electron chi connectivity index (χ2n) is 4.81. The summed E-state index contributed by atoms with van der Waals surface area (Å²) in [6, 6.07) is 6.48. The molecule has 1 N–H and O–H groups in total. The van der Waals surface area contributed by atoms with Crippen molar-refractivity contribution in [2.24, 2.45) is 5.92 Å². The summed E-state index contributed by atoms with van der Waals surface area (Å²) in [5.41, 5.74) is 1.28. The van der Waals surface area contributed by atoms with Gasteiger partial charge in [-0.3, -0.25) is 4.79 Å². The van der Waals surface area contributed by atoms with Crippen LogP contribution in [0.3, 0.4) is 0 Å². The predicted molar refractivity (Wildman–Crippen MR) is 75.3 cm³/mol. The molecule has 1 unspecified atom stereocenters. The molecule has 0 saturated carbocycles. The number of carbonyl (C=O) groups excluding carboxylic acids is 2. The number of carbonyl (C=O) groups is 2. The molecule has 1 amide bonds. The number of hydrogen-bond donors (Lipinski definition) is 1. The van der Waals surface area contributed by atoms with Crippen molar-refractivity contribution < 1.29 is 19.1 Å². The quantitative estimate of drug-likeness (QED) is 0.806. The lowest BCUT2D eigenvalue weighted by Crippen LogP contribution is -2.45. The molecule has 0 spiro atoms. The lowest BCUT2D eigenvalue weighted by Gasteiger charge is -2.20. The van der Waals surface area contributed by atoms with Gasteiger partial charge in [0, 0.05) is 12.7 Å². The molecule has 0 bridgehead atoms. The molecular formula is C15H21NO4. The zero-order valence-corrected chi connectivity index (χ0v) is 12.3. The van der Waals surface area contributed by atoms with Crippen molar-refractivity contribution in [2.75, 3.05) is 14.2 Å². The number of benzene rings is 1. The van der Waals surface area contributed by atoms with Crippen LogP contribution in [0.15, 0.2) is 24.3 Å². The topological polar surface area (TPSA) is 64.6 Å². The van der Waals surface area contributed by atoms with Crippen molar-refractivity contribution >= 4 is 11.9 Å². The van der Waals surface area contributed by atoms with E-state index in [2.05, 4.69) is 5.32 Å². The largest absolute Gasteiger partial charge is 0.467 e. The van der Waals surface area contributed by atoms with Crippen molar-refractivity contribution in [2.45, 2.75) is 26.5 Å². The van der Waals surface area contributed by atoms with E-state index in [0.717, 1.165) is 5.56 Å². The molecule has 0 aliphatic carbocycles. The summed E-state index contributed by atoms with van der Waals surface area (Å²) < 4.78 is 9.78. The number of rotatable bonds is 6. The minimum absolute atomic E-state index is 0.0546. The third-order valence-electron chi connectivity index (χ3n) is 2.97. The minimum atomic E-state index is -0.664. The van der Waals surface area contributed by atoms with Gasteiger partial charge in [-0.15, -0.1) is 0 Å². The van der Waals surface area contributed by atoms with E-state index in [1.807, 2.05) is 26.0 Å². The first kappa shape index (κ1) is 16.2. The lowest BCUT2D eigenvalue weighted by atomic mass is 10.0. The van der Waals surface area contributed by atoms with Gasteiger partial charge in [0.15, 0.2) is 0 Å². The van der Waals surface area contributed by atoms with E-state index >= 15 is 0 Å². The van der Waals surface area contributed by atoms with Crippen molar-refractivity contribution in [1.29, 1.82) is 0 Å². The number of esters is 1. The molecule has 1 rings (SSSR count). The molecule has 1 aromatic carbocycles. The van der Waals surface area contributed by atoms with Gasteiger partial charge in [-0.1, -0.05) is 32.0 Å². The fraction of sp³-hybridized carbons (Fsp3) is 0.467. The Morgan fingerprint density at radius 2 is 1.85 bits per heavy atom. The molecule has 5 nitrogen and oxygen atoms in total. The van der Waals surface area contributed by atoms with Crippen LogP contribution in [-0.2, 0) is 20.9 Å². The highest BCUT2D eigenvalue weighted by Crippen LogP contribution is 2.12. The first-order valence-corrected chi connectivity index (χ1v) is 6.46. The van der Waals surface area contributed by atoms with Crippen LogP contribution in [0.5, 0.6) is 0 Å². The fourth-order valence-electron chi connectivity index (χ4n) is 1.87. The van der Waals surface area contributed by atoms with Crippen LogP contribution in [0.2, 0.25) is 0 Å². The number of hydrogen-bond acceptors (Lipinski definition) is 4. The lowest BCUT2D eigenvalue weighted by molar-refractivity contribution is -0.144. The summed E-state index contributed by atoms with van der Waals surface area (Å²) >= 11 is 0. The third kappa shape index (κ3) is 4.06. The maximum Gasteiger partial charge on any atom is 0.328 e. The second-order valence-corrected chi connectivity index (χ2v) is 4.81. The van der Waals surface area contributed by atoms with Gasteiger partial charge in [-0.2, -0.15) is 0 Å². The highest BCUT2D eigenvalue weighted by Gasteiger charge is 2.26. The maximum atomic E-state index is 12.3. The Bertz CT molecular complexity index is 471. The first-order chi connectivity index (χ1) is 9.51. The van der Waals surface area contributed by atoms with Crippen molar-refractivity contribution in [3.63, 3.8) is 0 Å². The SMILES string of the molecule is COCc1ccccc1C(=O)NC(C(=O)OC)C(C)C. The number of nitrogens with one attached hydrogen (secondary N) is 1. The minimum Gasteiger partial charge on any atom is -0.467 e. The normalized spacial score (nSPS) is 12.1. The van der Waals surface area contributed by atoms with E-state index in [0.29, 0.717) is 12.2 Å². The van der Waals surface area contributed by atoms with Crippen LogP contribution in [-0.4, -0.2) is 32.1 Å². The Labute approximate surface area is 119 Å². The number of amides is 1. The summed E-state index contributed by atoms with van der Waals surface area (Å²) in [6.07, 6.45) is 0. The summed E-state index contributed by atoms with van der Waals surface area (Å²) in [5, 5.41) is 2.71. The molecule has 20 heavy (non-hydrogen) atoms. The molecule has 0 aromatic heterocycles. The summed E-state index contributed by atoms with van der Waals surface area (Å²) in [7, 11) is 2.88. The van der Waals surface area contributed by atoms with Crippen molar-refractivity contribution in [1.82, 2.24) is 5.32 Å². The Morgan fingerprint density at radius 1 is 1.20 bits per heavy atom. The van der Waals surface area contributed by atoms with Gasteiger partial charge in [-0.05, 0) is 17.5 Å². The molecule has 1 aromatic rings. The molecule has 0 aliphatic rings. The average Bonchev–Trinajstić information content (AvgIpc) is 2.44. The zero-order chi connectivity index (χ0) is 15.1. The molecular weight excluding hydrogens is 258 g/mol. The van der Waals surface area contributed by atoms with Crippen LogP contribution in [0.1, 0.15) is 29.8 Å². The van der Waals surface area contributed by atoms with Gasteiger partial charge in [0.2, 0.25) is 0 Å². The number of methoxy groups -OCH3 is 2. The van der Waals surface area contributed by atoms with Gasteiger partial charge in [0.25, 0.3) is 5.91 Å². The zero-order valence-electron chi connectivity index (χ0n) is 12.3. The molecule has 1 atom stereocenters. The Kier molecular flexibility index (Phi) is 6.18. The number of ether oxygens (including phenoxy) is 2. The van der Waals surface area contributed by atoms with Crippen LogP contribution < -0.4 is 5.32 Å². The highest BCUT2D eigenvalue weighted by molar-refractivity contribution is 5.98. The van der Waals surface area contributed by atoms with Crippen molar-refractivity contribution in [3.8, 4) is 0 Å². The molecule has 0 radical (unpaired) electrons. The van der Waals surface area contributed by atoms with Gasteiger partial charge >= 0.3 is 5.97 Å². The Hall–Kier alpha value is -1.88. The molecule has 0 heterocycles. The summed E-state index contributed by atoms with van der Waals surface area (Å²) in [6.45, 7) is 4.04. The van der Waals surface area contributed by atoms with Crippen LogP contribution in [0.4, 0.5) is 0 Å². The first-order valence-electron chi connectivity index (χ1n) is 6.46. The van der Waals surface area contributed by atoms with Gasteiger partial charge < -0.3 is 14.8 Å². The summed E-state index contributed by atoms with van der Waals surface area (Å²) in [4.78, 5) is 24.0. The molecule has 110 valence electrons. The second kappa shape index (κ2) is 7.65. The molecule has 0 fully saturated rings. The van der Waals surface area contributed by atoms with Gasteiger partial charge in [0.1, 0.15) is 6.04 Å². The van der Waals surface area contributed by atoms with Crippen LogP contribution >= 0.6 is 0 Å². The third-order valence-corrected chi connectivity index (χ3v) is 2.97. The van der Waals surface area contributed by atoms with E-state index in [1.165, 1.54) is 7.11 Å². The Balaban J connectivity index is 2.92. The smallest absolute Gasteiger partial charge is 0.328 e. The fourth-order valence-corrected chi connectivity index (χ4v) is 1.87. The molecule has 5 heteroatoms.